The molecule has 0 aromatic heterocycles. The van der Waals surface area contributed by atoms with Gasteiger partial charge in [-0.05, 0) is 41.6 Å². The summed E-state index contributed by atoms with van der Waals surface area (Å²) in [5.41, 5.74) is 4.57. The van der Waals surface area contributed by atoms with Crippen LogP contribution in [0.3, 0.4) is 0 Å². The van der Waals surface area contributed by atoms with E-state index in [1.54, 1.807) is 0 Å². The molecule has 0 fully saturated rings. The molecule has 3 heteroatoms. The second-order valence-corrected chi connectivity index (χ2v) is 10.5. The first kappa shape index (κ1) is 23.4. The molecule has 0 radical (unpaired) electrons. The van der Waals surface area contributed by atoms with Gasteiger partial charge in [-0.3, -0.25) is 4.90 Å². The predicted octanol–water partition coefficient (Wildman–Crippen LogP) is 5.55. The van der Waals surface area contributed by atoms with Gasteiger partial charge in [0.05, 0.1) is 0 Å². The molecule has 1 N–H and O–H groups in total. The van der Waals surface area contributed by atoms with Crippen LogP contribution in [0.25, 0.3) is 0 Å². The van der Waals surface area contributed by atoms with E-state index in [1.807, 2.05) is 0 Å². The van der Waals surface area contributed by atoms with E-state index in [-0.39, 0.29) is 10.8 Å². The average molecular weight is 397 g/mol. The van der Waals surface area contributed by atoms with Crippen molar-refractivity contribution >= 4 is 0 Å². The molecule has 2 aromatic carbocycles. The second-order valence-electron chi connectivity index (χ2n) is 10.5. The first-order chi connectivity index (χ1) is 13.4. The highest BCUT2D eigenvalue weighted by Crippen LogP contribution is 2.38. The molecular formula is C26H40N2O. The molecule has 0 saturated carbocycles. The van der Waals surface area contributed by atoms with Crippen LogP contribution >= 0.6 is 0 Å². The van der Waals surface area contributed by atoms with Crippen molar-refractivity contribution in [2.45, 2.75) is 65.5 Å². The molecule has 0 unspecified atom stereocenters. The van der Waals surface area contributed by atoms with E-state index in [0.29, 0.717) is 5.75 Å². The van der Waals surface area contributed by atoms with E-state index in [0.717, 1.165) is 37.3 Å². The Bertz CT molecular complexity index is 783. The Morgan fingerprint density at radius 2 is 1.41 bits per heavy atom. The molecule has 0 saturated heterocycles. The molecule has 2 aromatic rings. The Kier molecular flexibility index (Phi) is 7.53. The van der Waals surface area contributed by atoms with Crippen molar-refractivity contribution in [2.24, 2.45) is 0 Å². The number of phenols is 1. The summed E-state index contributed by atoms with van der Waals surface area (Å²) in [6, 6.07) is 15.0. The predicted molar refractivity (Wildman–Crippen MR) is 125 cm³/mol. The van der Waals surface area contributed by atoms with Crippen LogP contribution in [0.4, 0.5) is 0 Å². The number of likely N-dealkylation sites (N-methyl/N-ethyl adjacent to an activating group) is 1. The van der Waals surface area contributed by atoms with Gasteiger partial charge in [0, 0.05) is 31.7 Å². The van der Waals surface area contributed by atoms with Gasteiger partial charge < -0.3 is 10.0 Å². The highest BCUT2D eigenvalue weighted by molar-refractivity contribution is 5.48. The topological polar surface area (TPSA) is 26.7 Å². The van der Waals surface area contributed by atoms with E-state index in [2.05, 4.69) is 108 Å². The molecule has 0 aliphatic heterocycles. The molecule has 0 bridgehead atoms. The van der Waals surface area contributed by atoms with Crippen molar-refractivity contribution in [3.05, 3.63) is 64.7 Å². The number of benzene rings is 2. The first-order valence-corrected chi connectivity index (χ1v) is 10.7. The third kappa shape index (κ3) is 6.87. The molecule has 0 aliphatic carbocycles. The van der Waals surface area contributed by atoms with Gasteiger partial charge >= 0.3 is 0 Å². The van der Waals surface area contributed by atoms with Crippen LogP contribution in [0, 0.1) is 0 Å². The summed E-state index contributed by atoms with van der Waals surface area (Å²) < 4.78 is 0. The Morgan fingerprint density at radius 3 is 1.93 bits per heavy atom. The Hall–Kier alpha value is -1.84. The SMILES string of the molecule is CN(C)CCN(Cc1ccccc1)Cc1cc(C(C)(C)C)cc(C(C)(C)C)c1O. The lowest BCUT2D eigenvalue weighted by atomic mass is 9.79. The van der Waals surface area contributed by atoms with Gasteiger partial charge in [-0.1, -0.05) is 84.0 Å². The summed E-state index contributed by atoms with van der Waals surface area (Å²) in [6.45, 7) is 16.8. The van der Waals surface area contributed by atoms with Gasteiger partial charge in [0.1, 0.15) is 5.75 Å². The molecule has 160 valence electrons. The monoisotopic (exact) mass is 396 g/mol. The lowest BCUT2D eigenvalue weighted by Crippen LogP contribution is -2.31. The third-order valence-corrected chi connectivity index (χ3v) is 5.37. The molecule has 0 spiro atoms. The lowest BCUT2D eigenvalue weighted by Gasteiger charge is -2.30. The highest BCUT2D eigenvalue weighted by Gasteiger charge is 2.25. The first-order valence-electron chi connectivity index (χ1n) is 10.7. The molecule has 3 nitrogen and oxygen atoms in total. The van der Waals surface area contributed by atoms with Crippen LogP contribution in [0.1, 0.15) is 63.8 Å². The number of aromatic hydroxyl groups is 1. The molecule has 29 heavy (non-hydrogen) atoms. The van der Waals surface area contributed by atoms with E-state index < -0.39 is 0 Å². The zero-order valence-corrected chi connectivity index (χ0v) is 19.7. The Morgan fingerprint density at radius 1 is 0.793 bits per heavy atom. The number of rotatable bonds is 7. The maximum Gasteiger partial charge on any atom is 0.123 e. The molecule has 0 atom stereocenters. The van der Waals surface area contributed by atoms with Crippen LogP contribution < -0.4 is 0 Å². The number of hydrogen-bond donors (Lipinski definition) is 1. The normalized spacial score (nSPS) is 12.8. The molecule has 0 amide bonds. The molecule has 2 rings (SSSR count). The zero-order chi connectivity index (χ0) is 21.8. The fourth-order valence-corrected chi connectivity index (χ4v) is 3.46. The smallest absolute Gasteiger partial charge is 0.123 e. The van der Waals surface area contributed by atoms with Crippen molar-refractivity contribution in [1.82, 2.24) is 9.80 Å². The maximum atomic E-state index is 11.2. The summed E-state index contributed by atoms with van der Waals surface area (Å²) in [5, 5.41) is 11.2. The second kappa shape index (κ2) is 9.32. The van der Waals surface area contributed by atoms with Crippen molar-refractivity contribution in [3.8, 4) is 5.75 Å². The van der Waals surface area contributed by atoms with Crippen molar-refractivity contribution in [1.29, 1.82) is 0 Å². The van der Waals surface area contributed by atoms with Gasteiger partial charge in [0.2, 0.25) is 0 Å². The standard InChI is InChI=1S/C26H40N2O/c1-25(2,3)22-16-21(24(29)23(17-22)26(4,5)6)19-28(15-14-27(7)8)18-20-12-10-9-11-13-20/h9-13,16-17,29H,14-15,18-19H2,1-8H3. The molecular weight excluding hydrogens is 356 g/mol. The minimum Gasteiger partial charge on any atom is -0.507 e. The average Bonchev–Trinajstić information content (AvgIpc) is 2.60. The molecule has 0 aliphatic rings. The highest BCUT2D eigenvalue weighted by atomic mass is 16.3. The zero-order valence-electron chi connectivity index (χ0n) is 19.7. The quantitative estimate of drug-likeness (QED) is 0.664. The summed E-state index contributed by atoms with van der Waals surface area (Å²) in [4.78, 5) is 4.65. The van der Waals surface area contributed by atoms with Gasteiger partial charge in [-0.2, -0.15) is 0 Å². The maximum absolute atomic E-state index is 11.2. The van der Waals surface area contributed by atoms with E-state index in [1.165, 1.54) is 11.1 Å². The summed E-state index contributed by atoms with van der Waals surface area (Å²) in [6.07, 6.45) is 0. The van der Waals surface area contributed by atoms with Gasteiger partial charge in [0.15, 0.2) is 0 Å². The fraction of sp³-hybridized carbons (Fsp3) is 0.538. The van der Waals surface area contributed by atoms with Gasteiger partial charge in [-0.25, -0.2) is 0 Å². The van der Waals surface area contributed by atoms with E-state index >= 15 is 0 Å². The summed E-state index contributed by atoms with van der Waals surface area (Å²) in [7, 11) is 4.21. The van der Waals surface area contributed by atoms with Crippen LogP contribution in [-0.2, 0) is 23.9 Å². The van der Waals surface area contributed by atoms with Gasteiger partial charge in [-0.15, -0.1) is 0 Å². The summed E-state index contributed by atoms with van der Waals surface area (Å²) in [5.74, 6) is 0.452. The molecule has 0 heterocycles. The van der Waals surface area contributed by atoms with Crippen LogP contribution in [-0.4, -0.2) is 42.1 Å². The number of nitrogens with zero attached hydrogens (tertiary/aromatic N) is 2. The van der Waals surface area contributed by atoms with Crippen LogP contribution in [0.15, 0.2) is 42.5 Å². The minimum absolute atomic E-state index is 0.0380. The van der Waals surface area contributed by atoms with Crippen molar-refractivity contribution < 1.29 is 5.11 Å². The van der Waals surface area contributed by atoms with Crippen molar-refractivity contribution in [3.63, 3.8) is 0 Å². The van der Waals surface area contributed by atoms with E-state index in [4.69, 9.17) is 0 Å². The van der Waals surface area contributed by atoms with E-state index in [9.17, 15) is 5.11 Å². The van der Waals surface area contributed by atoms with Crippen molar-refractivity contribution in [2.75, 3.05) is 27.2 Å². The minimum atomic E-state index is -0.103. The number of hydrogen-bond acceptors (Lipinski definition) is 3. The fourth-order valence-electron chi connectivity index (χ4n) is 3.46. The van der Waals surface area contributed by atoms with Crippen LogP contribution in [0.2, 0.25) is 0 Å². The van der Waals surface area contributed by atoms with Crippen LogP contribution in [0.5, 0.6) is 5.75 Å². The largest absolute Gasteiger partial charge is 0.507 e. The Balaban J connectivity index is 2.42. The third-order valence-electron chi connectivity index (χ3n) is 5.37. The number of phenolic OH excluding ortho intramolecular Hbond substituents is 1. The van der Waals surface area contributed by atoms with Gasteiger partial charge in [0.25, 0.3) is 0 Å². The lowest BCUT2D eigenvalue weighted by molar-refractivity contribution is 0.223. The summed E-state index contributed by atoms with van der Waals surface area (Å²) >= 11 is 0. The Labute approximate surface area is 178 Å².